The number of fused-ring (bicyclic) bond motifs is 1. The number of para-hydroxylation sites is 2. The fourth-order valence-corrected chi connectivity index (χ4v) is 3.25. The molecule has 1 amide bonds. The van der Waals surface area contributed by atoms with Crippen molar-refractivity contribution in [3.05, 3.63) is 30.1 Å². The van der Waals surface area contributed by atoms with Crippen LogP contribution < -0.4 is 11.1 Å². The van der Waals surface area contributed by atoms with Gasteiger partial charge in [-0.3, -0.25) is 4.79 Å². The first-order chi connectivity index (χ1) is 11.1. The van der Waals surface area contributed by atoms with E-state index in [1.807, 2.05) is 42.8 Å². The highest BCUT2D eigenvalue weighted by molar-refractivity contribution is 5.83. The topological polar surface area (TPSA) is 82.2 Å². The fourth-order valence-electron chi connectivity index (χ4n) is 3.25. The predicted molar refractivity (Wildman–Crippen MR) is 88.8 cm³/mol. The summed E-state index contributed by atoms with van der Waals surface area (Å²) < 4.78 is 7.40. The SMILES string of the molecule is CC(NC(=O)C1(CN)CCOCC1)c1nc2ccccc2n1C. The number of rotatable bonds is 4. The van der Waals surface area contributed by atoms with Crippen LogP contribution in [0.15, 0.2) is 24.3 Å². The molecule has 0 aliphatic carbocycles. The third-order valence-electron chi connectivity index (χ3n) is 4.88. The van der Waals surface area contributed by atoms with Gasteiger partial charge in [-0.05, 0) is 31.9 Å². The van der Waals surface area contributed by atoms with Gasteiger partial charge in [-0.2, -0.15) is 0 Å². The molecule has 0 spiro atoms. The first-order valence-corrected chi connectivity index (χ1v) is 8.07. The maximum Gasteiger partial charge on any atom is 0.228 e. The van der Waals surface area contributed by atoms with Crippen molar-refractivity contribution in [2.45, 2.75) is 25.8 Å². The van der Waals surface area contributed by atoms with Crippen LogP contribution in [-0.4, -0.2) is 35.2 Å². The first-order valence-electron chi connectivity index (χ1n) is 8.07. The van der Waals surface area contributed by atoms with Crippen LogP contribution in [0.1, 0.15) is 31.6 Å². The Bertz CT molecular complexity index is 704. The van der Waals surface area contributed by atoms with Crippen LogP contribution in [0, 0.1) is 5.41 Å². The number of imidazole rings is 1. The van der Waals surface area contributed by atoms with Crippen LogP contribution in [0.4, 0.5) is 0 Å². The Labute approximate surface area is 136 Å². The molecule has 0 radical (unpaired) electrons. The molecule has 1 aromatic heterocycles. The summed E-state index contributed by atoms with van der Waals surface area (Å²) >= 11 is 0. The number of nitrogens with zero attached hydrogens (tertiary/aromatic N) is 2. The number of carbonyl (C=O) groups is 1. The van der Waals surface area contributed by atoms with Crippen molar-refractivity contribution < 1.29 is 9.53 Å². The lowest BCUT2D eigenvalue weighted by atomic mass is 9.79. The summed E-state index contributed by atoms with van der Waals surface area (Å²) in [6, 6.07) is 7.79. The summed E-state index contributed by atoms with van der Waals surface area (Å²) in [4.78, 5) is 17.4. The molecule has 1 unspecified atom stereocenters. The molecule has 124 valence electrons. The van der Waals surface area contributed by atoms with Crippen LogP contribution in [0.25, 0.3) is 11.0 Å². The van der Waals surface area contributed by atoms with Gasteiger partial charge in [0.1, 0.15) is 5.82 Å². The average molecular weight is 316 g/mol. The zero-order chi connectivity index (χ0) is 16.4. The van der Waals surface area contributed by atoms with Gasteiger partial charge in [0.2, 0.25) is 5.91 Å². The Hall–Kier alpha value is -1.92. The number of amides is 1. The number of hydrogen-bond acceptors (Lipinski definition) is 4. The molecule has 2 heterocycles. The number of hydrogen-bond donors (Lipinski definition) is 2. The van der Waals surface area contributed by atoms with Gasteiger partial charge < -0.3 is 20.4 Å². The van der Waals surface area contributed by atoms with E-state index < -0.39 is 5.41 Å². The van der Waals surface area contributed by atoms with Gasteiger partial charge >= 0.3 is 0 Å². The van der Waals surface area contributed by atoms with Crippen molar-refractivity contribution in [1.29, 1.82) is 0 Å². The Morgan fingerprint density at radius 1 is 1.43 bits per heavy atom. The van der Waals surface area contributed by atoms with E-state index >= 15 is 0 Å². The molecule has 0 bridgehead atoms. The normalized spacial score (nSPS) is 18.7. The Balaban J connectivity index is 1.81. The molecule has 1 atom stereocenters. The van der Waals surface area contributed by atoms with Crippen molar-refractivity contribution in [3.63, 3.8) is 0 Å². The highest BCUT2D eigenvalue weighted by atomic mass is 16.5. The van der Waals surface area contributed by atoms with Gasteiger partial charge in [0, 0.05) is 26.8 Å². The van der Waals surface area contributed by atoms with E-state index in [1.165, 1.54) is 0 Å². The van der Waals surface area contributed by atoms with Crippen molar-refractivity contribution in [2.24, 2.45) is 18.2 Å². The number of aromatic nitrogens is 2. The van der Waals surface area contributed by atoms with Crippen LogP contribution in [0.2, 0.25) is 0 Å². The smallest absolute Gasteiger partial charge is 0.228 e. The molecular weight excluding hydrogens is 292 g/mol. The molecule has 6 nitrogen and oxygen atoms in total. The van der Waals surface area contributed by atoms with Crippen molar-refractivity contribution in [2.75, 3.05) is 19.8 Å². The molecule has 6 heteroatoms. The third-order valence-corrected chi connectivity index (χ3v) is 4.88. The van der Waals surface area contributed by atoms with E-state index in [1.54, 1.807) is 0 Å². The van der Waals surface area contributed by atoms with E-state index in [0.717, 1.165) is 16.9 Å². The minimum atomic E-state index is -0.517. The average Bonchev–Trinajstić information content (AvgIpc) is 2.93. The van der Waals surface area contributed by atoms with E-state index in [4.69, 9.17) is 10.5 Å². The number of carbonyl (C=O) groups excluding carboxylic acids is 1. The second-order valence-corrected chi connectivity index (χ2v) is 6.31. The predicted octanol–water partition coefficient (Wildman–Crippen LogP) is 1.51. The number of ether oxygens (including phenoxy) is 1. The molecule has 0 saturated carbocycles. The Morgan fingerprint density at radius 3 is 2.78 bits per heavy atom. The molecule has 1 aliphatic heterocycles. The summed E-state index contributed by atoms with van der Waals surface area (Å²) in [6.45, 7) is 3.48. The van der Waals surface area contributed by atoms with Crippen LogP contribution in [0.3, 0.4) is 0 Å². The fraction of sp³-hybridized carbons (Fsp3) is 0.529. The van der Waals surface area contributed by atoms with Crippen LogP contribution in [0.5, 0.6) is 0 Å². The van der Waals surface area contributed by atoms with E-state index in [0.29, 0.717) is 32.6 Å². The molecule has 1 saturated heterocycles. The van der Waals surface area contributed by atoms with Crippen molar-refractivity contribution in [1.82, 2.24) is 14.9 Å². The number of benzene rings is 1. The maximum atomic E-state index is 12.8. The number of nitrogens with one attached hydrogen (secondary N) is 1. The summed E-state index contributed by atoms with van der Waals surface area (Å²) in [7, 11) is 1.97. The number of aryl methyl sites for hydroxylation is 1. The zero-order valence-corrected chi connectivity index (χ0v) is 13.7. The van der Waals surface area contributed by atoms with Gasteiger partial charge in [-0.1, -0.05) is 12.1 Å². The van der Waals surface area contributed by atoms with Gasteiger partial charge in [0.15, 0.2) is 0 Å². The molecule has 1 aromatic carbocycles. The Morgan fingerprint density at radius 2 is 2.13 bits per heavy atom. The summed E-state index contributed by atoms with van der Waals surface area (Å²) in [6.07, 6.45) is 1.34. The third kappa shape index (κ3) is 2.84. The molecule has 2 aromatic rings. The lowest BCUT2D eigenvalue weighted by molar-refractivity contribution is -0.136. The van der Waals surface area contributed by atoms with E-state index in [-0.39, 0.29) is 11.9 Å². The Kier molecular flexibility index (Phi) is 4.37. The van der Waals surface area contributed by atoms with Gasteiger partial charge in [0.05, 0.1) is 22.5 Å². The van der Waals surface area contributed by atoms with Gasteiger partial charge in [0.25, 0.3) is 0 Å². The summed E-state index contributed by atoms with van der Waals surface area (Å²) in [5.41, 5.74) is 7.39. The minimum absolute atomic E-state index is 0.00264. The maximum absolute atomic E-state index is 12.8. The lowest BCUT2D eigenvalue weighted by Crippen LogP contribution is -2.49. The zero-order valence-electron chi connectivity index (χ0n) is 13.7. The molecule has 3 N–H and O–H groups in total. The second kappa shape index (κ2) is 6.29. The van der Waals surface area contributed by atoms with Crippen LogP contribution >= 0.6 is 0 Å². The first kappa shape index (κ1) is 16.0. The largest absolute Gasteiger partial charge is 0.381 e. The second-order valence-electron chi connectivity index (χ2n) is 6.31. The highest BCUT2D eigenvalue weighted by Gasteiger charge is 2.39. The summed E-state index contributed by atoms with van der Waals surface area (Å²) in [5, 5.41) is 3.10. The minimum Gasteiger partial charge on any atom is -0.381 e. The molecule has 1 aliphatic rings. The van der Waals surface area contributed by atoms with E-state index in [9.17, 15) is 4.79 Å². The lowest BCUT2D eigenvalue weighted by Gasteiger charge is -2.35. The standard InChI is InChI=1S/C17H24N4O2/c1-12(15-20-13-5-3-4-6-14(13)21(15)2)19-16(22)17(11-18)7-9-23-10-8-17/h3-6,12H,7-11,18H2,1-2H3,(H,19,22). The molecule has 3 rings (SSSR count). The molecular formula is C17H24N4O2. The van der Waals surface area contributed by atoms with Crippen molar-refractivity contribution in [3.8, 4) is 0 Å². The molecule has 23 heavy (non-hydrogen) atoms. The highest BCUT2D eigenvalue weighted by Crippen LogP contribution is 2.30. The van der Waals surface area contributed by atoms with Crippen LogP contribution in [-0.2, 0) is 16.6 Å². The van der Waals surface area contributed by atoms with Gasteiger partial charge in [-0.15, -0.1) is 0 Å². The van der Waals surface area contributed by atoms with Crippen molar-refractivity contribution >= 4 is 16.9 Å². The van der Waals surface area contributed by atoms with Gasteiger partial charge in [-0.25, -0.2) is 4.98 Å². The van der Waals surface area contributed by atoms with E-state index in [2.05, 4.69) is 10.3 Å². The molecule has 1 fully saturated rings. The quantitative estimate of drug-likeness (QED) is 0.895. The number of nitrogens with two attached hydrogens (primary N) is 1. The summed E-state index contributed by atoms with van der Waals surface area (Å²) in [5.74, 6) is 0.849. The monoisotopic (exact) mass is 316 g/mol.